The van der Waals surface area contributed by atoms with Crippen LogP contribution in [-0.4, -0.2) is 48.0 Å². The Balaban J connectivity index is 1.33. The minimum absolute atomic E-state index is 0.0200. The summed E-state index contributed by atoms with van der Waals surface area (Å²) in [4.78, 5) is 28.9. The maximum Gasteiger partial charge on any atom is 0.322 e. The molecule has 1 unspecified atom stereocenters. The standard InChI is InChI=1S/C26H32FN3O3/c1-2-3-4-5-6-16-33-20-12-10-19(11-13-20)28-26(32)29-17-24-22-8-7-9-23(27)21(22)14-15-30(24)25(31)18-29/h7-13,24H,2-6,14-18H2,1H3,(H,28,32). The van der Waals surface area contributed by atoms with E-state index in [9.17, 15) is 14.0 Å². The summed E-state index contributed by atoms with van der Waals surface area (Å²) < 4.78 is 20.0. The zero-order valence-corrected chi connectivity index (χ0v) is 19.2. The zero-order valence-electron chi connectivity index (χ0n) is 19.2. The number of piperazine rings is 1. The van der Waals surface area contributed by atoms with Crippen LogP contribution >= 0.6 is 0 Å². The lowest BCUT2D eigenvalue weighted by Crippen LogP contribution is -2.56. The SMILES string of the molecule is CCCCCCCOc1ccc(NC(=O)N2CC(=O)N3CCc4c(F)cccc4C3C2)cc1. The summed E-state index contributed by atoms with van der Waals surface area (Å²) >= 11 is 0. The van der Waals surface area contributed by atoms with Crippen LogP contribution in [0.5, 0.6) is 5.75 Å². The minimum atomic E-state index is -0.337. The maximum atomic E-state index is 14.2. The first-order chi connectivity index (χ1) is 16.1. The van der Waals surface area contributed by atoms with Crippen LogP contribution in [0.4, 0.5) is 14.9 Å². The summed E-state index contributed by atoms with van der Waals surface area (Å²) in [5.74, 6) is 0.413. The first-order valence-electron chi connectivity index (χ1n) is 11.9. The van der Waals surface area contributed by atoms with E-state index in [1.54, 1.807) is 23.1 Å². The number of hydrogen-bond donors (Lipinski definition) is 1. The van der Waals surface area contributed by atoms with E-state index in [-0.39, 0.29) is 30.3 Å². The number of halogens is 1. The number of anilines is 1. The molecule has 3 amide bonds. The zero-order chi connectivity index (χ0) is 23.2. The Bertz CT molecular complexity index is 979. The average Bonchev–Trinajstić information content (AvgIpc) is 2.82. The number of fused-ring (bicyclic) bond motifs is 3. The number of urea groups is 1. The summed E-state index contributed by atoms with van der Waals surface area (Å²) in [5.41, 5.74) is 2.08. The topological polar surface area (TPSA) is 61.9 Å². The summed E-state index contributed by atoms with van der Waals surface area (Å²) in [6.07, 6.45) is 6.44. The van der Waals surface area contributed by atoms with E-state index in [1.165, 1.54) is 36.6 Å². The van der Waals surface area contributed by atoms with Crippen LogP contribution in [0.2, 0.25) is 0 Å². The van der Waals surface area contributed by atoms with Gasteiger partial charge in [-0.05, 0) is 54.3 Å². The molecule has 7 heteroatoms. The van der Waals surface area contributed by atoms with Gasteiger partial charge < -0.3 is 19.9 Å². The molecule has 1 fully saturated rings. The predicted molar refractivity (Wildman–Crippen MR) is 126 cm³/mol. The summed E-state index contributed by atoms with van der Waals surface area (Å²) in [5, 5.41) is 2.87. The largest absolute Gasteiger partial charge is 0.494 e. The van der Waals surface area contributed by atoms with Crippen molar-refractivity contribution in [1.29, 1.82) is 0 Å². The van der Waals surface area contributed by atoms with Gasteiger partial charge in [-0.25, -0.2) is 9.18 Å². The van der Waals surface area contributed by atoms with Crippen LogP contribution in [0.25, 0.3) is 0 Å². The fourth-order valence-corrected chi connectivity index (χ4v) is 4.62. The number of rotatable bonds is 8. The van der Waals surface area contributed by atoms with E-state index >= 15 is 0 Å². The van der Waals surface area contributed by atoms with Gasteiger partial charge in [0.2, 0.25) is 5.91 Å². The van der Waals surface area contributed by atoms with E-state index < -0.39 is 0 Å². The van der Waals surface area contributed by atoms with Crippen molar-refractivity contribution in [2.24, 2.45) is 0 Å². The molecule has 1 atom stereocenters. The molecular formula is C26H32FN3O3. The second-order valence-electron chi connectivity index (χ2n) is 8.76. The maximum absolute atomic E-state index is 14.2. The molecule has 33 heavy (non-hydrogen) atoms. The number of carbonyl (C=O) groups excluding carboxylic acids is 2. The second-order valence-corrected chi connectivity index (χ2v) is 8.76. The van der Waals surface area contributed by atoms with Crippen LogP contribution in [0.1, 0.15) is 56.2 Å². The molecule has 0 aromatic heterocycles. The molecule has 0 radical (unpaired) electrons. The lowest BCUT2D eigenvalue weighted by molar-refractivity contribution is -0.139. The van der Waals surface area contributed by atoms with Gasteiger partial charge in [-0.15, -0.1) is 0 Å². The number of amides is 3. The highest BCUT2D eigenvalue weighted by Crippen LogP contribution is 2.34. The lowest BCUT2D eigenvalue weighted by atomic mass is 9.90. The van der Waals surface area contributed by atoms with Gasteiger partial charge in [-0.2, -0.15) is 0 Å². The molecule has 1 N–H and O–H groups in total. The Morgan fingerprint density at radius 1 is 1.12 bits per heavy atom. The number of unbranched alkanes of at least 4 members (excludes halogenated alkanes) is 4. The molecule has 1 saturated heterocycles. The number of hydrogen-bond acceptors (Lipinski definition) is 3. The Hall–Kier alpha value is -3.09. The molecule has 0 bridgehead atoms. The van der Waals surface area contributed by atoms with Crippen molar-refractivity contribution in [2.45, 2.75) is 51.5 Å². The van der Waals surface area contributed by atoms with Crippen LogP contribution in [-0.2, 0) is 11.2 Å². The number of nitrogens with one attached hydrogen (secondary N) is 1. The highest BCUT2D eigenvalue weighted by Gasteiger charge is 2.39. The van der Waals surface area contributed by atoms with Gasteiger partial charge in [0, 0.05) is 18.8 Å². The van der Waals surface area contributed by atoms with Crippen LogP contribution in [0, 0.1) is 5.82 Å². The van der Waals surface area contributed by atoms with E-state index in [1.807, 2.05) is 18.2 Å². The highest BCUT2D eigenvalue weighted by atomic mass is 19.1. The Morgan fingerprint density at radius 3 is 2.70 bits per heavy atom. The number of benzene rings is 2. The first kappa shape index (κ1) is 23.1. The Labute approximate surface area is 194 Å². The fourth-order valence-electron chi connectivity index (χ4n) is 4.62. The van der Waals surface area contributed by atoms with Gasteiger partial charge in [0.25, 0.3) is 0 Å². The normalized spacial score (nSPS) is 17.4. The third-order valence-electron chi connectivity index (χ3n) is 6.44. The molecule has 4 rings (SSSR count). The smallest absolute Gasteiger partial charge is 0.322 e. The van der Waals surface area contributed by atoms with E-state index in [0.717, 1.165) is 17.7 Å². The minimum Gasteiger partial charge on any atom is -0.494 e. The Kier molecular flexibility index (Phi) is 7.47. The van der Waals surface area contributed by atoms with E-state index in [2.05, 4.69) is 12.2 Å². The number of nitrogens with zero attached hydrogens (tertiary/aromatic N) is 2. The van der Waals surface area contributed by atoms with Crippen molar-refractivity contribution < 1.29 is 18.7 Å². The predicted octanol–water partition coefficient (Wildman–Crippen LogP) is 5.15. The molecule has 2 aliphatic rings. The van der Waals surface area contributed by atoms with Crippen molar-refractivity contribution in [2.75, 3.05) is 31.6 Å². The third-order valence-corrected chi connectivity index (χ3v) is 6.44. The van der Waals surface area contributed by atoms with Gasteiger partial charge >= 0.3 is 6.03 Å². The van der Waals surface area contributed by atoms with Gasteiger partial charge in [0.1, 0.15) is 18.1 Å². The summed E-state index contributed by atoms with van der Waals surface area (Å²) in [7, 11) is 0. The third kappa shape index (κ3) is 5.46. The molecular weight excluding hydrogens is 421 g/mol. The summed E-state index contributed by atoms with van der Waals surface area (Å²) in [6.45, 7) is 3.72. The van der Waals surface area contributed by atoms with E-state index in [0.29, 0.717) is 37.4 Å². The fraction of sp³-hybridized carbons (Fsp3) is 0.462. The molecule has 2 heterocycles. The first-order valence-corrected chi connectivity index (χ1v) is 11.9. The van der Waals surface area contributed by atoms with Crippen molar-refractivity contribution in [3.05, 3.63) is 59.4 Å². The average molecular weight is 454 g/mol. The molecule has 2 aliphatic heterocycles. The van der Waals surface area contributed by atoms with Crippen LogP contribution < -0.4 is 10.1 Å². The van der Waals surface area contributed by atoms with Crippen LogP contribution in [0.15, 0.2) is 42.5 Å². The molecule has 6 nitrogen and oxygen atoms in total. The quantitative estimate of drug-likeness (QED) is 0.563. The molecule has 0 spiro atoms. The second kappa shape index (κ2) is 10.7. The molecule has 0 aliphatic carbocycles. The van der Waals surface area contributed by atoms with Crippen molar-refractivity contribution in [3.63, 3.8) is 0 Å². The monoisotopic (exact) mass is 453 g/mol. The van der Waals surface area contributed by atoms with Gasteiger partial charge in [0.15, 0.2) is 0 Å². The molecule has 2 aromatic carbocycles. The highest BCUT2D eigenvalue weighted by molar-refractivity contribution is 5.93. The van der Waals surface area contributed by atoms with Crippen LogP contribution in [0.3, 0.4) is 0 Å². The van der Waals surface area contributed by atoms with E-state index in [4.69, 9.17) is 4.74 Å². The van der Waals surface area contributed by atoms with Crippen molar-refractivity contribution in [3.8, 4) is 5.75 Å². The van der Waals surface area contributed by atoms with Gasteiger partial charge in [-0.1, -0.05) is 44.7 Å². The van der Waals surface area contributed by atoms with Gasteiger partial charge in [0.05, 0.1) is 12.6 Å². The van der Waals surface area contributed by atoms with Crippen molar-refractivity contribution >= 4 is 17.6 Å². The molecule has 0 saturated carbocycles. The van der Waals surface area contributed by atoms with Gasteiger partial charge in [-0.3, -0.25) is 4.79 Å². The molecule has 2 aromatic rings. The molecule has 176 valence electrons. The lowest BCUT2D eigenvalue weighted by Gasteiger charge is -2.44. The number of ether oxygens (including phenoxy) is 1. The van der Waals surface area contributed by atoms with Crippen molar-refractivity contribution in [1.82, 2.24) is 9.80 Å². The Morgan fingerprint density at radius 2 is 1.91 bits per heavy atom. The summed E-state index contributed by atoms with van der Waals surface area (Å²) in [6, 6.07) is 11.6. The number of carbonyl (C=O) groups is 2.